The predicted octanol–water partition coefficient (Wildman–Crippen LogP) is 2.44. The van der Waals surface area contributed by atoms with E-state index in [9.17, 15) is 4.79 Å². The molecule has 0 fully saturated rings. The van der Waals surface area contributed by atoms with Crippen LogP contribution in [0.3, 0.4) is 0 Å². The molecule has 0 aliphatic rings. The fourth-order valence-corrected chi connectivity index (χ4v) is 1.73. The average molecular weight is 281 g/mol. The Labute approximate surface area is 119 Å². The second kappa shape index (κ2) is 8.43. The molecule has 0 aliphatic carbocycles. The highest BCUT2D eigenvalue weighted by atomic mass is 16.5. The Morgan fingerprint density at radius 1 is 1.40 bits per heavy atom. The molecule has 0 heterocycles. The van der Waals surface area contributed by atoms with Crippen LogP contribution in [0.4, 0.5) is 0 Å². The highest BCUT2D eigenvalue weighted by Gasteiger charge is 2.18. The van der Waals surface area contributed by atoms with Crippen LogP contribution in [-0.2, 0) is 11.3 Å². The van der Waals surface area contributed by atoms with Crippen molar-refractivity contribution >= 4 is 5.97 Å². The van der Waals surface area contributed by atoms with Crippen LogP contribution in [0.5, 0.6) is 11.5 Å². The molecule has 0 amide bonds. The summed E-state index contributed by atoms with van der Waals surface area (Å²) in [5.41, 5.74) is 0.900. The van der Waals surface area contributed by atoms with E-state index < -0.39 is 12.1 Å². The summed E-state index contributed by atoms with van der Waals surface area (Å²) in [6, 6.07) is 5.58. The molecule has 2 N–H and O–H groups in total. The van der Waals surface area contributed by atoms with E-state index in [2.05, 4.69) is 12.2 Å². The zero-order valence-electron chi connectivity index (χ0n) is 12.3. The van der Waals surface area contributed by atoms with Gasteiger partial charge in [0.1, 0.15) is 0 Å². The van der Waals surface area contributed by atoms with E-state index >= 15 is 0 Å². The molecule has 0 saturated heterocycles. The minimum Gasteiger partial charge on any atom is -0.490 e. The van der Waals surface area contributed by atoms with Gasteiger partial charge in [0.15, 0.2) is 17.6 Å². The van der Waals surface area contributed by atoms with E-state index in [0.29, 0.717) is 24.7 Å². The third kappa shape index (κ3) is 4.74. The summed E-state index contributed by atoms with van der Waals surface area (Å²) in [7, 11) is 0. The first-order valence-electron chi connectivity index (χ1n) is 6.95. The molecule has 1 unspecified atom stereocenters. The van der Waals surface area contributed by atoms with Gasteiger partial charge < -0.3 is 19.9 Å². The maximum Gasteiger partial charge on any atom is 0.344 e. The second-order valence-corrected chi connectivity index (χ2v) is 4.45. The summed E-state index contributed by atoms with van der Waals surface area (Å²) < 4.78 is 11.1. The third-order valence-electron chi connectivity index (χ3n) is 2.74. The second-order valence-electron chi connectivity index (χ2n) is 4.45. The van der Waals surface area contributed by atoms with Crippen molar-refractivity contribution in [3.63, 3.8) is 0 Å². The van der Waals surface area contributed by atoms with Gasteiger partial charge in [-0.2, -0.15) is 0 Å². The van der Waals surface area contributed by atoms with Crippen molar-refractivity contribution in [2.24, 2.45) is 0 Å². The summed E-state index contributed by atoms with van der Waals surface area (Å²) in [6.45, 7) is 7.50. The standard InChI is InChI=1S/C15H23NO4/c1-4-9-16-10-12-7-6-8-13(19-5-2)14(12)20-11(3)15(17)18/h6-8,11,16H,4-5,9-10H2,1-3H3,(H,17,18). The maximum absolute atomic E-state index is 11.0. The summed E-state index contributed by atoms with van der Waals surface area (Å²) in [5, 5.41) is 12.3. The van der Waals surface area contributed by atoms with Crippen LogP contribution in [0.2, 0.25) is 0 Å². The van der Waals surface area contributed by atoms with Crippen molar-refractivity contribution in [2.45, 2.75) is 39.8 Å². The van der Waals surface area contributed by atoms with Crippen LogP contribution < -0.4 is 14.8 Å². The van der Waals surface area contributed by atoms with Crippen LogP contribution in [0.25, 0.3) is 0 Å². The Hall–Kier alpha value is -1.75. The van der Waals surface area contributed by atoms with E-state index in [1.165, 1.54) is 6.92 Å². The van der Waals surface area contributed by atoms with Gasteiger partial charge in [-0.3, -0.25) is 0 Å². The molecule has 1 atom stereocenters. The molecule has 1 rings (SSSR count). The van der Waals surface area contributed by atoms with Gasteiger partial charge in [-0.05, 0) is 32.9 Å². The molecule has 0 saturated carbocycles. The molecular weight excluding hydrogens is 258 g/mol. The first-order chi connectivity index (χ1) is 9.60. The minimum absolute atomic E-state index is 0.504. The van der Waals surface area contributed by atoms with E-state index in [4.69, 9.17) is 14.6 Å². The molecule has 5 heteroatoms. The lowest BCUT2D eigenvalue weighted by Gasteiger charge is -2.18. The summed E-state index contributed by atoms with van der Waals surface area (Å²) in [4.78, 5) is 11.0. The molecule has 0 bridgehead atoms. The molecule has 1 aromatic rings. The number of hydrogen-bond acceptors (Lipinski definition) is 4. The molecule has 112 valence electrons. The van der Waals surface area contributed by atoms with E-state index in [-0.39, 0.29) is 0 Å². The molecular formula is C15H23NO4. The molecule has 0 aliphatic heterocycles. The first kappa shape index (κ1) is 16.3. The van der Waals surface area contributed by atoms with E-state index in [0.717, 1.165) is 18.5 Å². The molecule has 5 nitrogen and oxygen atoms in total. The van der Waals surface area contributed by atoms with Crippen LogP contribution >= 0.6 is 0 Å². The number of ether oxygens (including phenoxy) is 2. The van der Waals surface area contributed by atoms with Crippen molar-refractivity contribution in [2.75, 3.05) is 13.2 Å². The molecule has 1 aromatic carbocycles. The predicted molar refractivity (Wildman–Crippen MR) is 77.3 cm³/mol. The Bertz CT molecular complexity index is 434. The number of carbonyl (C=O) groups is 1. The Morgan fingerprint density at radius 2 is 2.15 bits per heavy atom. The fraction of sp³-hybridized carbons (Fsp3) is 0.533. The summed E-state index contributed by atoms with van der Waals surface area (Å²) in [6.07, 6.45) is 0.119. The van der Waals surface area contributed by atoms with Gasteiger partial charge in [0.25, 0.3) is 0 Å². The number of hydrogen-bond donors (Lipinski definition) is 2. The summed E-state index contributed by atoms with van der Waals surface area (Å²) in [5.74, 6) is 0.0908. The van der Waals surface area contributed by atoms with Crippen molar-refractivity contribution < 1.29 is 19.4 Å². The lowest BCUT2D eigenvalue weighted by molar-refractivity contribution is -0.144. The normalized spacial score (nSPS) is 11.9. The van der Waals surface area contributed by atoms with Gasteiger partial charge in [-0.1, -0.05) is 19.1 Å². The van der Waals surface area contributed by atoms with Crippen molar-refractivity contribution in [3.05, 3.63) is 23.8 Å². The van der Waals surface area contributed by atoms with E-state index in [1.807, 2.05) is 19.1 Å². The zero-order chi connectivity index (χ0) is 15.0. The van der Waals surface area contributed by atoms with Crippen LogP contribution in [-0.4, -0.2) is 30.3 Å². The van der Waals surface area contributed by atoms with Crippen LogP contribution in [0.1, 0.15) is 32.8 Å². The van der Waals surface area contributed by atoms with Gasteiger partial charge in [-0.25, -0.2) is 4.79 Å². The number of nitrogens with one attached hydrogen (secondary N) is 1. The Kier molecular flexibility index (Phi) is 6.87. The van der Waals surface area contributed by atoms with E-state index in [1.54, 1.807) is 6.07 Å². The molecule has 0 spiro atoms. The maximum atomic E-state index is 11.0. The number of carboxylic acid groups (broad SMARTS) is 1. The van der Waals surface area contributed by atoms with Crippen molar-refractivity contribution in [1.29, 1.82) is 0 Å². The van der Waals surface area contributed by atoms with Crippen LogP contribution in [0.15, 0.2) is 18.2 Å². The largest absolute Gasteiger partial charge is 0.490 e. The smallest absolute Gasteiger partial charge is 0.344 e. The Balaban J connectivity index is 2.95. The van der Waals surface area contributed by atoms with Crippen molar-refractivity contribution in [3.8, 4) is 11.5 Å². The molecule has 0 aromatic heterocycles. The third-order valence-corrected chi connectivity index (χ3v) is 2.74. The number of rotatable bonds is 9. The number of aliphatic carboxylic acids is 1. The fourth-order valence-electron chi connectivity index (χ4n) is 1.73. The topological polar surface area (TPSA) is 67.8 Å². The summed E-state index contributed by atoms with van der Waals surface area (Å²) >= 11 is 0. The Morgan fingerprint density at radius 3 is 2.75 bits per heavy atom. The average Bonchev–Trinajstić information content (AvgIpc) is 2.42. The van der Waals surface area contributed by atoms with Gasteiger partial charge >= 0.3 is 5.97 Å². The van der Waals surface area contributed by atoms with Crippen molar-refractivity contribution in [1.82, 2.24) is 5.32 Å². The van der Waals surface area contributed by atoms with Gasteiger partial charge in [-0.15, -0.1) is 0 Å². The number of carboxylic acids is 1. The van der Waals surface area contributed by atoms with Gasteiger partial charge in [0.2, 0.25) is 0 Å². The SMILES string of the molecule is CCCNCc1cccc(OCC)c1OC(C)C(=O)O. The van der Waals surface area contributed by atoms with Crippen LogP contribution in [0, 0.1) is 0 Å². The molecule has 0 radical (unpaired) electrons. The highest BCUT2D eigenvalue weighted by Crippen LogP contribution is 2.32. The van der Waals surface area contributed by atoms with Gasteiger partial charge in [0.05, 0.1) is 6.61 Å². The van der Waals surface area contributed by atoms with Gasteiger partial charge in [0, 0.05) is 12.1 Å². The minimum atomic E-state index is -0.997. The zero-order valence-corrected chi connectivity index (χ0v) is 12.3. The number of benzene rings is 1. The highest BCUT2D eigenvalue weighted by molar-refractivity contribution is 5.72. The molecule has 20 heavy (non-hydrogen) atoms. The lowest BCUT2D eigenvalue weighted by Crippen LogP contribution is -2.24. The first-order valence-corrected chi connectivity index (χ1v) is 6.95. The quantitative estimate of drug-likeness (QED) is 0.680. The lowest BCUT2D eigenvalue weighted by atomic mass is 10.1. The monoisotopic (exact) mass is 281 g/mol. The number of para-hydroxylation sites is 1.